The van der Waals surface area contributed by atoms with Gasteiger partial charge in [0.15, 0.2) is 0 Å². The van der Waals surface area contributed by atoms with Gasteiger partial charge in [0, 0.05) is 6.61 Å². The minimum absolute atomic E-state index is 0.137. The predicted molar refractivity (Wildman–Crippen MR) is 67.5 cm³/mol. The number of carbonyl (C=O) groups is 1. The first kappa shape index (κ1) is 14.2. The Morgan fingerprint density at radius 2 is 2.22 bits per heavy atom. The molecule has 0 saturated carbocycles. The Bertz CT molecular complexity index is 461. The molecule has 0 spiro atoms. The zero-order valence-electron chi connectivity index (χ0n) is 10.6. The van der Waals surface area contributed by atoms with Gasteiger partial charge in [0.1, 0.15) is 0 Å². The zero-order chi connectivity index (χ0) is 13.5. The van der Waals surface area contributed by atoms with Gasteiger partial charge in [-0.25, -0.2) is 4.79 Å². The third kappa shape index (κ3) is 4.19. The van der Waals surface area contributed by atoms with Gasteiger partial charge in [0.25, 0.3) is 0 Å². The number of benzene rings is 1. The minimum Gasteiger partial charge on any atom is -0.478 e. The average molecular weight is 247 g/mol. The number of nitrogens with zero attached hydrogens (tertiary/aromatic N) is 1. The first-order chi connectivity index (χ1) is 8.54. The summed E-state index contributed by atoms with van der Waals surface area (Å²) in [4.78, 5) is 10.8. The monoisotopic (exact) mass is 247 g/mol. The van der Waals surface area contributed by atoms with Crippen LogP contribution < -0.4 is 0 Å². The summed E-state index contributed by atoms with van der Waals surface area (Å²) < 4.78 is 5.45. The molecule has 0 amide bonds. The van der Waals surface area contributed by atoms with Crippen LogP contribution in [-0.4, -0.2) is 24.3 Å². The van der Waals surface area contributed by atoms with Crippen LogP contribution in [0.4, 0.5) is 0 Å². The Hall–Kier alpha value is -1.86. The molecule has 0 radical (unpaired) electrons. The van der Waals surface area contributed by atoms with Gasteiger partial charge in [0.05, 0.1) is 23.8 Å². The fraction of sp³-hybridized carbons (Fsp3) is 0.429. The summed E-state index contributed by atoms with van der Waals surface area (Å²) in [6, 6.07) is 6.62. The van der Waals surface area contributed by atoms with Crippen molar-refractivity contribution in [3.8, 4) is 6.07 Å². The van der Waals surface area contributed by atoms with Gasteiger partial charge in [-0.1, -0.05) is 19.9 Å². The molecule has 0 saturated heterocycles. The topological polar surface area (TPSA) is 70.3 Å². The highest BCUT2D eigenvalue weighted by Gasteiger charge is 2.08. The van der Waals surface area contributed by atoms with E-state index in [2.05, 4.69) is 13.8 Å². The van der Waals surface area contributed by atoms with Crippen LogP contribution >= 0.6 is 0 Å². The molecule has 0 atom stereocenters. The van der Waals surface area contributed by atoms with E-state index in [1.165, 1.54) is 12.1 Å². The minimum atomic E-state index is -1.02. The van der Waals surface area contributed by atoms with Crippen molar-refractivity contribution in [3.05, 3.63) is 34.9 Å². The van der Waals surface area contributed by atoms with E-state index in [0.29, 0.717) is 31.1 Å². The molecule has 4 nitrogen and oxygen atoms in total. The van der Waals surface area contributed by atoms with E-state index < -0.39 is 5.97 Å². The maximum absolute atomic E-state index is 10.8. The Balaban J connectivity index is 2.66. The van der Waals surface area contributed by atoms with Gasteiger partial charge in [0.2, 0.25) is 0 Å². The van der Waals surface area contributed by atoms with E-state index in [1.54, 1.807) is 6.07 Å². The van der Waals surface area contributed by atoms with Crippen molar-refractivity contribution in [2.24, 2.45) is 5.92 Å². The second kappa shape index (κ2) is 6.77. The van der Waals surface area contributed by atoms with Crippen molar-refractivity contribution in [2.45, 2.75) is 20.3 Å². The summed E-state index contributed by atoms with van der Waals surface area (Å²) in [6.07, 6.45) is 0.621. The highest BCUT2D eigenvalue weighted by molar-refractivity contribution is 5.88. The molecule has 1 aromatic rings. The van der Waals surface area contributed by atoms with E-state index in [1.807, 2.05) is 6.07 Å². The molecule has 1 N–H and O–H groups in total. The molecule has 0 fully saturated rings. The molecule has 0 unspecified atom stereocenters. The molecule has 1 rings (SSSR count). The molecule has 0 aliphatic heterocycles. The average Bonchev–Trinajstić information content (AvgIpc) is 2.34. The van der Waals surface area contributed by atoms with Gasteiger partial charge in [-0.05, 0) is 30.0 Å². The number of ether oxygens (including phenoxy) is 1. The molecule has 96 valence electrons. The van der Waals surface area contributed by atoms with Gasteiger partial charge < -0.3 is 9.84 Å². The van der Waals surface area contributed by atoms with E-state index in [9.17, 15) is 4.79 Å². The highest BCUT2D eigenvalue weighted by atomic mass is 16.5. The summed E-state index contributed by atoms with van der Waals surface area (Å²) in [6.45, 7) is 5.37. The van der Waals surface area contributed by atoms with E-state index >= 15 is 0 Å². The number of carboxylic acids is 1. The number of rotatable bonds is 6. The fourth-order valence-electron chi connectivity index (χ4n) is 1.53. The molecule has 0 aromatic heterocycles. The first-order valence-corrected chi connectivity index (χ1v) is 5.88. The third-order valence-corrected chi connectivity index (χ3v) is 2.44. The maximum Gasteiger partial charge on any atom is 0.335 e. The predicted octanol–water partition coefficient (Wildman–Crippen LogP) is 2.47. The maximum atomic E-state index is 10.8. The second-order valence-corrected chi connectivity index (χ2v) is 4.51. The second-order valence-electron chi connectivity index (χ2n) is 4.51. The molecule has 1 aromatic carbocycles. The van der Waals surface area contributed by atoms with E-state index in [0.717, 1.165) is 5.56 Å². The van der Waals surface area contributed by atoms with Gasteiger partial charge in [-0.2, -0.15) is 5.26 Å². The Kier molecular flexibility index (Phi) is 5.34. The molecule has 0 aliphatic rings. The quantitative estimate of drug-likeness (QED) is 0.784. The first-order valence-electron chi connectivity index (χ1n) is 5.88. The zero-order valence-corrected chi connectivity index (χ0v) is 10.6. The van der Waals surface area contributed by atoms with Gasteiger partial charge >= 0.3 is 5.97 Å². The van der Waals surface area contributed by atoms with Crippen LogP contribution in [0.3, 0.4) is 0 Å². The molecule has 4 heteroatoms. The van der Waals surface area contributed by atoms with Crippen molar-refractivity contribution >= 4 is 5.97 Å². The summed E-state index contributed by atoms with van der Waals surface area (Å²) in [7, 11) is 0. The van der Waals surface area contributed by atoms with Crippen LogP contribution in [0.15, 0.2) is 18.2 Å². The van der Waals surface area contributed by atoms with Crippen molar-refractivity contribution in [2.75, 3.05) is 13.2 Å². The van der Waals surface area contributed by atoms with Gasteiger partial charge in [-0.3, -0.25) is 0 Å². The van der Waals surface area contributed by atoms with Crippen molar-refractivity contribution in [1.82, 2.24) is 0 Å². The molecule has 0 bridgehead atoms. The van der Waals surface area contributed by atoms with Crippen LogP contribution in [0.5, 0.6) is 0 Å². The van der Waals surface area contributed by atoms with Crippen molar-refractivity contribution in [3.63, 3.8) is 0 Å². The lowest BCUT2D eigenvalue weighted by Gasteiger charge is -2.08. The largest absolute Gasteiger partial charge is 0.478 e. The number of carboxylic acid groups (broad SMARTS) is 1. The number of aromatic carboxylic acids is 1. The standard InChI is InChI=1S/C14H17NO3/c1-10(2)9-18-6-5-11-3-4-12(14(16)17)7-13(11)8-15/h3-4,7,10H,5-6,9H2,1-2H3,(H,16,17). The normalized spacial score (nSPS) is 10.3. The third-order valence-electron chi connectivity index (χ3n) is 2.44. The summed E-state index contributed by atoms with van der Waals surface area (Å²) in [5.74, 6) is -0.538. The van der Waals surface area contributed by atoms with Crippen LogP contribution in [0, 0.1) is 17.2 Å². The summed E-state index contributed by atoms with van der Waals surface area (Å²) >= 11 is 0. The summed E-state index contributed by atoms with van der Waals surface area (Å²) in [5, 5.41) is 17.8. The molecule has 18 heavy (non-hydrogen) atoms. The number of nitriles is 1. The SMILES string of the molecule is CC(C)COCCc1ccc(C(=O)O)cc1C#N. The summed E-state index contributed by atoms with van der Waals surface area (Å²) in [5.41, 5.74) is 1.37. The van der Waals surface area contributed by atoms with E-state index in [4.69, 9.17) is 15.1 Å². The Morgan fingerprint density at radius 1 is 1.50 bits per heavy atom. The highest BCUT2D eigenvalue weighted by Crippen LogP contribution is 2.12. The number of hydrogen-bond donors (Lipinski definition) is 1. The lowest BCUT2D eigenvalue weighted by molar-refractivity contribution is 0.0697. The Labute approximate surface area is 107 Å². The van der Waals surface area contributed by atoms with E-state index in [-0.39, 0.29) is 5.56 Å². The van der Waals surface area contributed by atoms with Crippen LogP contribution in [-0.2, 0) is 11.2 Å². The number of hydrogen-bond acceptors (Lipinski definition) is 3. The molecule has 0 heterocycles. The lowest BCUT2D eigenvalue weighted by atomic mass is 10.0. The van der Waals surface area contributed by atoms with Crippen molar-refractivity contribution < 1.29 is 14.6 Å². The van der Waals surface area contributed by atoms with Crippen molar-refractivity contribution in [1.29, 1.82) is 5.26 Å². The molecular formula is C14H17NO3. The smallest absolute Gasteiger partial charge is 0.335 e. The van der Waals surface area contributed by atoms with Crippen LogP contribution in [0.25, 0.3) is 0 Å². The molecular weight excluding hydrogens is 230 g/mol. The lowest BCUT2D eigenvalue weighted by Crippen LogP contribution is -2.06. The fourth-order valence-corrected chi connectivity index (χ4v) is 1.53. The van der Waals surface area contributed by atoms with Gasteiger partial charge in [-0.15, -0.1) is 0 Å². The molecule has 0 aliphatic carbocycles. The van der Waals surface area contributed by atoms with Crippen LogP contribution in [0.2, 0.25) is 0 Å². The Morgan fingerprint density at radius 3 is 2.78 bits per heavy atom. The van der Waals surface area contributed by atoms with Crippen LogP contribution in [0.1, 0.15) is 35.3 Å².